The fraction of sp³-hybridized carbons (Fsp3) is 0.269. The molecule has 0 atom stereocenters. The zero-order valence-corrected chi connectivity index (χ0v) is 20.3. The Morgan fingerprint density at radius 3 is 1.82 bits per heavy atom. The average molecular weight is 484 g/mol. The van der Waals surface area contributed by atoms with Gasteiger partial charge in [-0.1, -0.05) is 72.8 Å². The lowest BCUT2D eigenvalue weighted by atomic mass is 10.1. The van der Waals surface area contributed by atoms with Gasteiger partial charge in [0.2, 0.25) is 0 Å². The number of carbonyl (C=O) groups is 1. The van der Waals surface area contributed by atoms with Gasteiger partial charge < -0.3 is 9.47 Å². The third kappa shape index (κ3) is 7.98. The molecule has 180 valence electrons. The number of hydroxylamine groups is 2. The van der Waals surface area contributed by atoms with Crippen LogP contribution in [0.1, 0.15) is 37.5 Å². The SMILES string of the molecule is CC(C)(C)OC(=O)N(Cc1ccc(COCc2ccccc2)cc1)OS(=O)(=O)c1ccccc1. The Balaban J connectivity index is 1.68. The molecule has 1 amide bonds. The zero-order valence-electron chi connectivity index (χ0n) is 19.5. The largest absolute Gasteiger partial charge is 0.442 e. The molecule has 0 aliphatic carbocycles. The average Bonchev–Trinajstić information content (AvgIpc) is 2.80. The maximum absolute atomic E-state index is 12.7. The van der Waals surface area contributed by atoms with Crippen molar-refractivity contribution < 1.29 is 27.0 Å². The topological polar surface area (TPSA) is 82.1 Å². The number of hydrogen-bond acceptors (Lipinski definition) is 6. The predicted octanol–water partition coefficient (Wildman–Crippen LogP) is 5.46. The van der Waals surface area contributed by atoms with Crippen molar-refractivity contribution in [2.45, 2.75) is 51.0 Å². The summed E-state index contributed by atoms with van der Waals surface area (Å²) in [4.78, 5) is 12.6. The first-order valence-corrected chi connectivity index (χ1v) is 12.2. The molecule has 3 rings (SSSR count). The van der Waals surface area contributed by atoms with Crippen molar-refractivity contribution in [3.05, 3.63) is 102 Å². The van der Waals surface area contributed by atoms with Gasteiger partial charge in [-0.25, -0.2) is 4.79 Å². The smallest absolute Gasteiger partial charge is 0.435 e. The van der Waals surface area contributed by atoms with Crippen LogP contribution in [0.3, 0.4) is 0 Å². The van der Waals surface area contributed by atoms with E-state index in [2.05, 4.69) is 0 Å². The molecule has 0 bridgehead atoms. The molecule has 0 saturated carbocycles. The van der Waals surface area contributed by atoms with Crippen LogP contribution in [0.15, 0.2) is 89.8 Å². The fourth-order valence-corrected chi connectivity index (χ4v) is 3.88. The van der Waals surface area contributed by atoms with E-state index in [1.807, 2.05) is 42.5 Å². The van der Waals surface area contributed by atoms with E-state index in [9.17, 15) is 13.2 Å². The quantitative estimate of drug-likeness (QED) is 0.376. The van der Waals surface area contributed by atoms with E-state index in [1.54, 1.807) is 51.1 Å². The summed E-state index contributed by atoms with van der Waals surface area (Å²) < 4.78 is 41.7. The molecule has 34 heavy (non-hydrogen) atoms. The Labute approximate surface area is 201 Å². The van der Waals surface area contributed by atoms with Gasteiger partial charge in [0, 0.05) is 0 Å². The third-order valence-corrected chi connectivity index (χ3v) is 5.77. The van der Waals surface area contributed by atoms with Gasteiger partial charge in [-0.2, -0.15) is 13.5 Å². The maximum atomic E-state index is 12.7. The molecule has 8 heteroatoms. The Morgan fingerprint density at radius 2 is 1.26 bits per heavy atom. The second kappa shape index (κ2) is 11.3. The first-order valence-electron chi connectivity index (χ1n) is 10.8. The van der Waals surface area contributed by atoms with Crippen LogP contribution < -0.4 is 0 Å². The Hall–Kier alpha value is -3.20. The van der Waals surface area contributed by atoms with Gasteiger partial charge in [-0.3, -0.25) is 0 Å². The van der Waals surface area contributed by atoms with E-state index in [0.717, 1.165) is 11.1 Å². The highest BCUT2D eigenvalue weighted by Gasteiger charge is 2.29. The van der Waals surface area contributed by atoms with E-state index in [-0.39, 0.29) is 11.4 Å². The summed E-state index contributed by atoms with van der Waals surface area (Å²) in [6.07, 6.45) is -0.901. The van der Waals surface area contributed by atoms with Gasteiger partial charge in [0.15, 0.2) is 0 Å². The van der Waals surface area contributed by atoms with Crippen molar-refractivity contribution >= 4 is 16.2 Å². The number of hydrogen-bond donors (Lipinski definition) is 0. The molecule has 3 aromatic rings. The molecule has 0 aliphatic heterocycles. The molecule has 0 spiro atoms. The predicted molar refractivity (Wildman–Crippen MR) is 128 cm³/mol. The van der Waals surface area contributed by atoms with E-state index < -0.39 is 21.8 Å². The van der Waals surface area contributed by atoms with Crippen LogP contribution in [-0.2, 0) is 43.6 Å². The van der Waals surface area contributed by atoms with Crippen LogP contribution >= 0.6 is 0 Å². The number of rotatable bonds is 9. The molecule has 3 aromatic carbocycles. The second-order valence-corrected chi connectivity index (χ2v) is 10.2. The second-order valence-electron chi connectivity index (χ2n) is 8.65. The monoisotopic (exact) mass is 483 g/mol. The van der Waals surface area contributed by atoms with Crippen molar-refractivity contribution in [2.75, 3.05) is 0 Å². The van der Waals surface area contributed by atoms with Crippen LogP contribution in [0.4, 0.5) is 4.79 Å². The van der Waals surface area contributed by atoms with Crippen molar-refractivity contribution in [2.24, 2.45) is 0 Å². The molecular weight excluding hydrogens is 454 g/mol. The molecule has 7 nitrogen and oxygen atoms in total. The molecule has 0 N–H and O–H groups in total. The Kier molecular flexibility index (Phi) is 8.44. The summed E-state index contributed by atoms with van der Waals surface area (Å²) in [6, 6.07) is 24.8. The highest BCUT2D eigenvalue weighted by atomic mass is 32.2. The lowest BCUT2D eigenvalue weighted by molar-refractivity contribution is -0.0739. The highest BCUT2D eigenvalue weighted by molar-refractivity contribution is 7.86. The summed E-state index contributed by atoms with van der Waals surface area (Å²) in [5.74, 6) is 0. The molecule has 0 fully saturated rings. The van der Waals surface area contributed by atoms with Crippen LogP contribution in [0.2, 0.25) is 0 Å². The fourth-order valence-electron chi connectivity index (χ4n) is 2.95. The molecule has 0 saturated heterocycles. The maximum Gasteiger partial charge on any atom is 0.435 e. The number of nitrogens with zero attached hydrogens (tertiary/aromatic N) is 1. The van der Waals surface area contributed by atoms with Gasteiger partial charge >= 0.3 is 16.2 Å². The summed E-state index contributed by atoms with van der Waals surface area (Å²) in [7, 11) is -4.22. The van der Waals surface area contributed by atoms with E-state index >= 15 is 0 Å². The van der Waals surface area contributed by atoms with E-state index in [0.29, 0.717) is 23.8 Å². The van der Waals surface area contributed by atoms with Crippen LogP contribution in [0, 0.1) is 0 Å². The minimum atomic E-state index is -4.22. The lowest BCUT2D eigenvalue weighted by Gasteiger charge is -2.26. The molecule has 0 aromatic heterocycles. The van der Waals surface area contributed by atoms with Gasteiger partial charge in [0.1, 0.15) is 5.60 Å². The first-order chi connectivity index (χ1) is 16.1. The van der Waals surface area contributed by atoms with Crippen LogP contribution in [0.25, 0.3) is 0 Å². The molecule has 0 aliphatic rings. The minimum absolute atomic E-state index is 0.0607. The van der Waals surface area contributed by atoms with Crippen molar-refractivity contribution in [1.82, 2.24) is 5.06 Å². The van der Waals surface area contributed by atoms with Gasteiger partial charge in [0.25, 0.3) is 0 Å². The zero-order chi connectivity index (χ0) is 24.6. The Morgan fingerprint density at radius 1 is 0.765 bits per heavy atom. The molecule has 0 unspecified atom stereocenters. The molecular formula is C26H29NO6S. The molecule has 0 heterocycles. The summed E-state index contributed by atoms with van der Waals surface area (Å²) in [6.45, 7) is 5.88. The minimum Gasteiger partial charge on any atom is -0.442 e. The van der Waals surface area contributed by atoms with Crippen molar-refractivity contribution in [3.63, 3.8) is 0 Å². The summed E-state index contributed by atoms with van der Waals surface area (Å²) >= 11 is 0. The lowest BCUT2D eigenvalue weighted by Crippen LogP contribution is -2.38. The van der Waals surface area contributed by atoms with Gasteiger partial charge in [-0.05, 0) is 49.6 Å². The standard InChI is InChI=1S/C26H29NO6S/c1-26(2,3)32-25(28)27(33-34(29,30)24-12-8-5-9-13-24)18-21-14-16-23(17-15-21)20-31-19-22-10-6-4-7-11-22/h4-17H,18-20H2,1-3H3. The number of benzene rings is 3. The number of carbonyl (C=O) groups excluding carboxylic acids is 1. The molecule has 0 radical (unpaired) electrons. The third-order valence-electron chi connectivity index (χ3n) is 4.55. The van der Waals surface area contributed by atoms with E-state index in [1.165, 1.54) is 12.1 Å². The van der Waals surface area contributed by atoms with Crippen molar-refractivity contribution in [3.8, 4) is 0 Å². The first kappa shape index (κ1) is 25.4. The highest BCUT2D eigenvalue weighted by Crippen LogP contribution is 2.19. The number of amides is 1. The van der Waals surface area contributed by atoms with Gasteiger partial charge in [-0.15, -0.1) is 4.28 Å². The normalized spacial score (nSPS) is 11.7. The summed E-state index contributed by atoms with van der Waals surface area (Å²) in [5.41, 5.74) is 1.88. The van der Waals surface area contributed by atoms with E-state index in [4.69, 9.17) is 13.8 Å². The van der Waals surface area contributed by atoms with Crippen LogP contribution in [-0.4, -0.2) is 25.2 Å². The van der Waals surface area contributed by atoms with Crippen molar-refractivity contribution in [1.29, 1.82) is 0 Å². The number of ether oxygens (including phenoxy) is 2. The summed E-state index contributed by atoms with van der Waals surface area (Å²) in [5, 5.41) is 0.717. The van der Waals surface area contributed by atoms with Crippen LogP contribution in [0.5, 0.6) is 0 Å². The van der Waals surface area contributed by atoms with Gasteiger partial charge in [0.05, 0.1) is 24.7 Å². The Bertz CT molecular complexity index is 1160.